The highest BCUT2D eigenvalue weighted by Crippen LogP contribution is 2.36. The largest absolute Gasteiger partial charge is 0.481 e. The highest BCUT2D eigenvalue weighted by Gasteiger charge is 2.24. The summed E-state index contributed by atoms with van der Waals surface area (Å²) in [5, 5.41) is 20.2. The van der Waals surface area contributed by atoms with E-state index in [0.717, 1.165) is 4.70 Å². The molecule has 1 aromatic carbocycles. The number of carbonyl (C=O) groups is 1. The molecule has 0 amide bonds. The summed E-state index contributed by atoms with van der Waals surface area (Å²) in [6.45, 7) is 1.75. The van der Waals surface area contributed by atoms with Gasteiger partial charge in [0.15, 0.2) is 5.52 Å². The molecule has 2 rings (SSSR count). The van der Waals surface area contributed by atoms with E-state index < -0.39 is 16.8 Å². The van der Waals surface area contributed by atoms with Crippen molar-refractivity contribution in [2.45, 2.75) is 6.92 Å². The van der Waals surface area contributed by atoms with Crippen LogP contribution in [0.25, 0.3) is 10.2 Å². The number of anilines is 1. The molecule has 2 aromatic rings. The van der Waals surface area contributed by atoms with Crippen LogP contribution >= 0.6 is 11.3 Å². The number of nitrogens with zero attached hydrogens (tertiary/aromatic N) is 3. The summed E-state index contributed by atoms with van der Waals surface area (Å²) < 4.78 is 0.736. The molecular weight excluding hydrogens is 282 g/mol. The Kier molecular flexibility index (Phi) is 3.84. The van der Waals surface area contributed by atoms with Crippen LogP contribution in [0, 0.1) is 16.0 Å². The van der Waals surface area contributed by atoms with Gasteiger partial charge in [0.2, 0.25) is 0 Å². The van der Waals surface area contributed by atoms with Gasteiger partial charge in [-0.1, -0.05) is 6.92 Å². The van der Waals surface area contributed by atoms with Gasteiger partial charge in [-0.15, -0.1) is 11.3 Å². The molecule has 0 bridgehead atoms. The van der Waals surface area contributed by atoms with E-state index in [4.69, 9.17) is 5.11 Å². The second kappa shape index (κ2) is 5.41. The second-order valence-electron chi connectivity index (χ2n) is 4.51. The fourth-order valence-electron chi connectivity index (χ4n) is 1.98. The van der Waals surface area contributed by atoms with Gasteiger partial charge >= 0.3 is 11.7 Å². The zero-order chi connectivity index (χ0) is 14.9. The maximum Gasteiger partial charge on any atom is 0.319 e. The zero-order valence-corrected chi connectivity index (χ0v) is 11.8. The van der Waals surface area contributed by atoms with E-state index in [0.29, 0.717) is 11.2 Å². The lowest BCUT2D eigenvalue weighted by Crippen LogP contribution is -2.28. The molecule has 0 saturated carbocycles. The Morgan fingerprint density at radius 1 is 1.60 bits per heavy atom. The van der Waals surface area contributed by atoms with Crippen molar-refractivity contribution in [3.05, 3.63) is 27.8 Å². The summed E-state index contributed by atoms with van der Waals surface area (Å²) in [5.74, 6) is -1.56. The summed E-state index contributed by atoms with van der Waals surface area (Å²) in [4.78, 5) is 27.3. The van der Waals surface area contributed by atoms with Gasteiger partial charge in [0.1, 0.15) is 5.69 Å². The quantitative estimate of drug-likeness (QED) is 0.672. The van der Waals surface area contributed by atoms with Crippen LogP contribution in [-0.4, -0.2) is 34.6 Å². The first-order valence-corrected chi connectivity index (χ1v) is 6.74. The minimum Gasteiger partial charge on any atom is -0.481 e. The normalized spacial score (nSPS) is 12.3. The number of benzene rings is 1. The maximum absolute atomic E-state index is 11.3. The molecule has 0 fully saturated rings. The fraction of sp³-hybridized carbons (Fsp3) is 0.333. The standard InChI is InChI=1S/C12H13N3O4S/c1-7(12(16)17)5-14(2)8-3-4-9-10(13-6-20-9)11(8)15(18)19/h3-4,6-7H,5H2,1-2H3,(H,16,17). The highest BCUT2D eigenvalue weighted by molar-refractivity contribution is 7.16. The molecule has 1 aromatic heterocycles. The van der Waals surface area contributed by atoms with Crippen molar-refractivity contribution in [1.29, 1.82) is 0 Å². The molecule has 0 aliphatic rings. The van der Waals surface area contributed by atoms with Crippen molar-refractivity contribution in [1.82, 2.24) is 4.98 Å². The Balaban J connectivity index is 2.45. The van der Waals surface area contributed by atoms with Crippen LogP contribution < -0.4 is 4.90 Å². The minimum absolute atomic E-state index is 0.0798. The van der Waals surface area contributed by atoms with Gasteiger partial charge in [-0.2, -0.15) is 0 Å². The van der Waals surface area contributed by atoms with Gasteiger partial charge in [-0.05, 0) is 12.1 Å². The number of aliphatic carboxylic acids is 1. The Morgan fingerprint density at radius 2 is 2.30 bits per heavy atom. The van der Waals surface area contributed by atoms with Gasteiger partial charge in [0.25, 0.3) is 0 Å². The molecule has 1 heterocycles. The lowest BCUT2D eigenvalue weighted by Gasteiger charge is -2.21. The highest BCUT2D eigenvalue weighted by atomic mass is 32.1. The van der Waals surface area contributed by atoms with Gasteiger partial charge in [-0.3, -0.25) is 14.9 Å². The number of carboxylic acids is 1. The van der Waals surface area contributed by atoms with Crippen LogP contribution in [0.2, 0.25) is 0 Å². The molecule has 0 aliphatic heterocycles. The van der Waals surface area contributed by atoms with E-state index >= 15 is 0 Å². The topological polar surface area (TPSA) is 96.6 Å². The molecular formula is C12H13N3O4S. The van der Waals surface area contributed by atoms with Crippen LogP contribution in [0.4, 0.5) is 11.4 Å². The number of carboxylic acid groups (broad SMARTS) is 1. The number of fused-ring (bicyclic) bond motifs is 1. The lowest BCUT2D eigenvalue weighted by molar-refractivity contribution is -0.382. The van der Waals surface area contributed by atoms with Gasteiger partial charge in [0, 0.05) is 13.6 Å². The number of hydrogen-bond donors (Lipinski definition) is 1. The fourth-order valence-corrected chi connectivity index (χ4v) is 2.66. The van der Waals surface area contributed by atoms with E-state index in [-0.39, 0.29) is 12.2 Å². The SMILES string of the molecule is CC(CN(C)c1ccc2scnc2c1[N+](=O)[O-])C(=O)O. The van der Waals surface area contributed by atoms with E-state index in [9.17, 15) is 14.9 Å². The third-order valence-electron chi connectivity index (χ3n) is 3.02. The molecule has 1 atom stereocenters. The van der Waals surface area contributed by atoms with E-state index in [1.165, 1.54) is 11.3 Å². The summed E-state index contributed by atoms with van der Waals surface area (Å²) in [5.41, 5.74) is 2.19. The average molecular weight is 295 g/mol. The predicted octanol–water partition coefficient (Wildman–Crippen LogP) is 2.36. The van der Waals surface area contributed by atoms with Gasteiger partial charge in [0.05, 0.1) is 21.1 Å². The van der Waals surface area contributed by atoms with Crippen LogP contribution in [0.5, 0.6) is 0 Å². The molecule has 0 aliphatic carbocycles. The number of rotatable bonds is 5. The Hall–Kier alpha value is -2.22. The Labute approximate surface area is 118 Å². The first-order valence-electron chi connectivity index (χ1n) is 5.86. The zero-order valence-electron chi connectivity index (χ0n) is 10.9. The van der Waals surface area contributed by atoms with Crippen molar-refractivity contribution in [2.24, 2.45) is 5.92 Å². The molecule has 0 saturated heterocycles. The third kappa shape index (κ3) is 2.55. The van der Waals surface area contributed by atoms with Crippen LogP contribution in [0.1, 0.15) is 6.92 Å². The molecule has 106 valence electrons. The average Bonchev–Trinajstić information content (AvgIpc) is 2.84. The predicted molar refractivity (Wildman–Crippen MR) is 76.3 cm³/mol. The second-order valence-corrected chi connectivity index (χ2v) is 5.40. The number of thiazole rings is 1. The van der Waals surface area contributed by atoms with E-state index in [2.05, 4.69) is 4.98 Å². The van der Waals surface area contributed by atoms with E-state index in [1.807, 2.05) is 0 Å². The third-order valence-corrected chi connectivity index (χ3v) is 3.81. The van der Waals surface area contributed by atoms with Crippen LogP contribution in [-0.2, 0) is 4.79 Å². The van der Waals surface area contributed by atoms with Crippen molar-refractivity contribution < 1.29 is 14.8 Å². The summed E-state index contributed by atoms with van der Waals surface area (Å²) >= 11 is 1.33. The Bertz CT molecular complexity index is 670. The van der Waals surface area contributed by atoms with Crippen molar-refractivity contribution >= 4 is 38.9 Å². The first kappa shape index (κ1) is 14.2. The number of hydrogen-bond acceptors (Lipinski definition) is 6. The molecule has 1 unspecified atom stereocenters. The number of nitro groups is 1. The van der Waals surface area contributed by atoms with Gasteiger partial charge < -0.3 is 10.0 Å². The Morgan fingerprint density at radius 3 is 2.90 bits per heavy atom. The minimum atomic E-state index is -0.936. The van der Waals surface area contributed by atoms with Crippen LogP contribution in [0.15, 0.2) is 17.6 Å². The lowest BCUT2D eigenvalue weighted by atomic mass is 10.1. The molecule has 0 spiro atoms. The first-order chi connectivity index (χ1) is 9.41. The van der Waals surface area contributed by atoms with Crippen LogP contribution in [0.3, 0.4) is 0 Å². The monoisotopic (exact) mass is 295 g/mol. The molecule has 0 radical (unpaired) electrons. The number of aromatic nitrogens is 1. The molecule has 20 heavy (non-hydrogen) atoms. The molecule has 8 heteroatoms. The maximum atomic E-state index is 11.3. The van der Waals surface area contributed by atoms with Crippen molar-refractivity contribution in [2.75, 3.05) is 18.5 Å². The molecule has 1 N–H and O–H groups in total. The van der Waals surface area contributed by atoms with E-state index in [1.54, 1.807) is 36.5 Å². The van der Waals surface area contributed by atoms with Gasteiger partial charge in [-0.25, -0.2) is 4.98 Å². The molecule has 7 nitrogen and oxygen atoms in total. The smallest absolute Gasteiger partial charge is 0.319 e. The summed E-state index contributed by atoms with van der Waals surface area (Å²) in [6, 6.07) is 3.39. The van der Waals surface area contributed by atoms with Crippen molar-refractivity contribution in [3.8, 4) is 0 Å². The summed E-state index contributed by atoms with van der Waals surface area (Å²) in [7, 11) is 1.64. The van der Waals surface area contributed by atoms with Crippen molar-refractivity contribution in [3.63, 3.8) is 0 Å². The number of nitro benzene ring substituents is 1. The summed E-state index contributed by atoms with van der Waals surface area (Å²) in [6.07, 6.45) is 0.